The lowest BCUT2D eigenvalue weighted by atomic mass is 10.0. The number of thiocarbonyl (C=S) groups is 1. The van der Waals surface area contributed by atoms with Crippen molar-refractivity contribution in [3.63, 3.8) is 0 Å². The minimum Gasteiger partial charge on any atom is -0.206 e. The summed E-state index contributed by atoms with van der Waals surface area (Å²) in [7, 11) is 0. The van der Waals surface area contributed by atoms with Gasteiger partial charge in [0.05, 0.1) is 21.3 Å². The Balaban J connectivity index is 1.80. The Morgan fingerprint density at radius 1 is 0.966 bits per heavy atom. The first-order valence-electron chi connectivity index (χ1n) is 9.38. The average Bonchev–Trinajstić information content (AvgIpc) is 3.15. The van der Waals surface area contributed by atoms with Gasteiger partial charge in [0.2, 0.25) is 0 Å². The Morgan fingerprint density at radius 2 is 1.69 bits per heavy atom. The quantitative estimate of drug-likeness (QED) is 0.172. The second kappa shape index (κ2) is 10.2. The van der Waals surface area contributed by atoms with Crippen LogP contribution in [0.25, 0.3) is 11.1 Å². The molecule has 0 unspecified atom stereocenters. The molecule has 0 aliphatic carbocycles. The molecular weight excluding hydrogens is 404 g/mol. The van der Waals surface area contributed by atoms with E-state index in [-0.39, 0.29) is 5.56 Å². The molecule has 0 amide bonds. The summed E-state index contributed by atoms with van der Waals surface area (Å²) in [5.41, 5.74) is 1.24. The van der Waals surface area contributed by atoms with Gasteiger partial charge in [0.15, 0.2) is 0 Å². The van der Waals surface area contributed by atoms with Gasteiger partial charge in [0.1, 0.15) is 11.6 Å². The normalized spacial score (nSPS) is 10.2. The monoisotopic (exact) mass is 423 g/mol. The van der Waals surface area contributed by atoms with Gasteiger partial charge in [-0.2, -0.15) is 4.99 Å². The Hall–Kier alpha value is -2.64. The van der Waals surface area contributed by atoms with E-state index in [0.29, 0.717) is 16.8 Å². The maximum absolute atomic E-state index is 14.6. The number of thiophene rings is 1. The summed E-state index contributed by atoms with van der Waals surface area (Å²) >= 11 is 6.19. The zero-order chi connectivity index (χ0) is 20.6. The third kappa shape index (κ3) is 5.68. The predicted molar refractivity (Wildman–Crippen MR) is 120 cm³/mol. The maximum atomic E-state index is 14.6. The Bertz CT molecular complexity index is 1070. The van der Waals surface area contributed by atoms with Crippen LogP contribution in [0.2, 0.25) is 0 Å². The minimum absolute atomic E-state index is 0.0808. The molecule has 0 saturated heterocycles. The fraction of sp³-hybridized carbons (Fsp3) is 0.208. The predicted octanol–water partition coefficient (Wildman–Crippen LogP) is 7.56. The van der Waals surface area contributed by atoms with Crippen molar-refractivity contribution in [2.75, 3.05) is 0 Å². The number of hydrogen-bond donors (Lipinski definition) is 0. The van der Waals surface area contributed by atoms with Gasteiger partial charge in [-0.25, -0.2) is 8.78 Å². The van der Waals surface area contributed by atoms with Crippen LogP contribution in [-0.2, 0) is 6.42 Å². The number of rotatable bonds is 6. The van der Waals surface area contributed by atoms with Crippen LogP contribution in [0.3, 0.4) is 0 Å². The molecule has 2 aromatic carbocycles. The van der Waals surface area contributed by atoms with Crippen LogP contribution in [0.15, 0.2) is 53.5 Å². The number of halogens is 2. The van der Waals surface area contributed by atoms with Crippen LogP contribution in [0.1, 0.15) is 41.5 Å². The first kappa shape index (κ1) is 21.1. The van der Waals surface area contributed by atoms with E-state index in [1.54, 1.807) is 35.6 Å². The van der Waals surface area contributed by atoms with Gasteiger partial charge in [-0.05, 0) is 67.0 Å². The van der Waals surface area contributed by atoms with E-state index in [9.17, 15) is 8.78 Å². The van der Waals surface area contributed by atoms with Gasteiger partial charge in [0, 0.05) is 10.4 Å². The summed E-state index contributed by atoms with van der Waals surface area (Å²) < 4.78 is 29.2. The Labute approximate surface area is 179 Å². The number of hydrogen-bond acceptors (Lipinski definition) is 3. The molecule has 0 spiro atoms. The van der Waals surface area contributed by atoms with E-state index in [4.69, 9.17) is 0 Å². The number of benzene rings is 2. The molecule has 0 radical (unpaired) electrons. The summed E-state index contributed by atoms with van der Waals surface area (Å²) in [6, 6.07) is 13.0. The summed E-state index contributed by atoms with van der Waals surface area (Å²) in [5.74, 6) is 4.59. The highest BCUT2D eigenvalue weighted by atomic mass is 32.1. The third-order valence-electron chi connectivity index (χ3n) is 4.39. The molecule has 0 aliphatic rings. The highest BCUT2D eigenvalue weighted by Crippen LogP contribution is 2.29. The lowest BCUT2D eigenvalue weighted by molar-refractivity contribution is 0.589. The molecule has 0 fully saturated rings. The molecule has 0 bridgehead atoms. The van der Waals surface area contributed by atoms with Crippen molar-refractivity contribution in [1.82, 2.24) is 0 Å². The molecule has 1 aromatic heterocycles. The van der Waals surface area contributed by atoms with E-state index in [0.717, 1.165) is 11.3 Å². The third-order valence-corrected chi connectivity index (χ3v) is 5.54. The summed E-state index contributed by atoms with van der Waals surface area (Å²) in [6.45, 7) is 2.18. The van der Waals surface area contributed by atoms with Crippen LogP contribution >= 0.6 is 23.6 Å². The fourth-order valence-electron chi connectivity index (χ4n) is 2.94. The van der Waals surface area contributed by atoms with Crippen LogP contribution in [0, 0.1) is 23.5 Å². The summed E-state index contributed by atoms with van der Waals surface area (Å²) in [5, 5.41) is 2.26. The zero-order valence-corrected chi connectivity index (χ0v) is 17.6. The largest absolute Gasteiger partial charge is 0.206 e. The maximum Gasteiger partial charge on any atom is 0.135 e. The number of aryl methyl sites for hydroxylation is 1. The van der Waals surface area contributed by atoms with Gasteiger partial charge < -0.3 is 0 Å². The van der Waals surface area contributed by atoms with Crippen molar-refractivity contribution in [2.24, 2.45) is 4.99 Å². The van der Waals surface area contributed by atoms with Crippen LogP contribution in [0.4, 0.5) is 14.5 Å². The van der Waals surface area contributed by atoms with Crippen LogP contribution < -0.4 is 0 Å². The van der Waals surface area contributed by atoms with Crippen molar-refractivity contribution in [1.29, 1.82) is 0 Å². The zero-order valence-electron chi connectivity index (χ0n) is 16.0. The molecule has 3 aromatic rings. The lowest BCUT2D eigenvalue weighted by Gasteiger charge is -2.06. The number of nitrogens with zero attached hydrogens (tertiary/aromatic N) is 1. The van der Waals surface area contributed by atoms with Crippen molar-refractivity contribution < 1.29 is 8.78 Å². The Morgan fingerprint density at radius 3 is 2.34 bits per heavy atom. The fourth-order valence-corrected chi connectivity index (χ4v) is 3.95. The summed E-state index contributed by atoms with van der Waals surface area (Å²) in [4.78, 5) is 6.02. The Kier molecular flexibility index (Phi) is 7.43. The van der Waals surface area contributed by atoms with Crippen LogP contribution in [0.5, 0.6) is 0 Å². The average molecular weight is 424 g/mol. The molecule has 0 aliphatic heterocycles. The lowest BCUT2D eigenvalue weighted by Crippen LogP contribution is -1.92. The number of unbranched alkanes of at least 4 members (excludes halogenated alkanes) is 2. The molecule has 1 nitrogen and oxygen atoms in total. The molecule has 0 atom stereocenters. The molecule has 5 heteroatoms. The molecular formula is C24H19F2NS2. The van der Waals surface area contributed by atoms with Crippen molar-refractivity contribution in [3.8, 4) is 23.0 Å². The minimum atomic E-state index is -0.646. The van der Waals surface area contributed by atoms with E-state index >= 15 is 0 Å². The van der Waals surface area contributed by atoms with Crippen LogP contribution in [-0.4, -0.2) is 5.16 Å². The number of aliphatic imine (C=N–C) groups is 1. The molecule has 3 rings (SSSR count). The van der Waals surface area contributed by atoms with Crippen molar-refractivity contribution in [3.05, 3.63) is 75.5 Å². The van der Waals surface area contributed by atoms with Gasteiger partial charge in [-0.3, -0.25) is 0 Å². The van der Waals surface area contributed by atoms with Crippen molar-refractivity contribution in [2.45, 2.75) is 32.6 Å². The van der Waals surface area contributed by atoms with E-state index in [1.807, 2.05) is 6.07 Å². The molecule has 0 saturated carbocycles. The molecule has 1 heterocycles. The first-order chi connectivity index (χ1) is 14.1. The van der Waals surface area contributed by atoms with Gasteiger partial charge in [-0.1, -0.05) is 43.7 Å². The topological polar surface area (TPSA) is 12.4 Å². The van der Waals surface area contributed by atoms with E-state index in [1.165, 1.54) is 36.3 Å². The standard InChI is InChI=1S/C24H19F2NS2/c1-2-3-4-5-20-12-13-21(29-20)11-6-17-14-22(25)24(23(26)15-17)18-7-9-19(10-8-18)27-16-28/h7-10,12-15H,2-5H2,1H3. The highest BCUT2D eigenvalue weighted by Gasteiger charge is 2.13. The van der Waals surface area contributed by atoms with Gasteiger partial charge >= 0.3 is 0 Å². The summed E-state index contributed by atoms with van der Waals surface area (Å²) in [6.07, 6.45) is 4.62. The van der Waals surface area contributed by atoms with E-state index in [2.05, 4.69) is 47.2 Å². The number of isothiocyanates is 1. The smallest absolute Gasteiger partial charge is 0.135 e. The van der Waals surface area contributed by atoms with Gasteiger partial charge in [0.25, 0.3) is 0 Å². The molecule has 29 heavy (non-hydrogen) atoms. The van der Waals surface area contributed by atoms with Crippen molar-refractivity contribution >= 4 is 34.4 Å². The second-order valence-electron chi connectivity index (χ2n) is 6.54. The van der Waals surface area contributed by atoms with Gasteiger partial charge in [-0.15, -0.1) is 11.3 Å². The molecule has 0 N–H and O–H groups in total. The second-order valence-corrected chi connectivity index (χ2v) is 7.89. The highest BCUT2D eigenvalue weighted by molar-refractivity contribution is 7.78. The molecule has 146 valence electrons. The van der Waals surface area contributed by atoms with E-state index < -0.39 is 11.6 Å². The first-order valence-corrected chi connectivity index (χ1v) is 10.6. The SMILES string of the molecule is CCCCCc1ccc(C#Cc2cc(F)c(-c3ccc(N=C=S)cc3)c(F)c2)s1.